The van der Waals surface area contributed by atoms with Crippen LogP contribution in [-0.4, -0.2) is 28.0 Å². The molecule has 5 nitrogen and oxygen atoms in total. The van der Waals surface area contributed by atoms with Crippen LogP contribution in [0.2, 0.25) is 0 Å². The molecular formula is C17H20N2O3. The number of amides is 1. The first-order valence-corrected chi connectivity index (χ1v) is 7.46. The minimum absolute atomic E-state index is 0.00603. The minimum Gasteiger partial charge on any atom is -0.480 e. The van der Waals surface area contributed by atoms with Crippen molar-refractivity contribution in [1.29, 1.82) is 0 Å². The van der Waals surface area contributed by atoms with E-state index in [1.165, 1.54) is 0 Å². The smallest absolute Gasteiger partial charge is 0.326 e. The van der Waals surface area contributed by atoms with E-state index in [0.29, 0.717) is 0 Å². The lowest BCUT2D eigenvalue weighted by Crippen LogP contribution is -2.43. The Hall–Kier alpha value is -2.30. The Bertz CT molecular complexity index is 732. The average molecular weight is 300 g/mol. The number of benzene rings is 1. The monoisotopic (exact) mass is 300 g/mol. The van der Waals surface area contributed by atoms with Crippen molar-refractivity contribution in [2.24, 2.45) is 11.3 Å². The summed E-state index contributed by atoms with van der Waals surface area (Å²) in [6, 6.07) is 6.84. The molecule has 2 atom stereocenters. The molecule has 1 aliphatic carbocycles. The van der Waals surface area contributed by atoms with Gasteiger partial charge in [-0.1, -0.05) is 32.0 Å². The second-order valence-corrected chi connectivity index (χ2v) is 6.71. The number of aromatic nitrogens is 1. The maximum atomic E-state index is 12.1. The number of hydrogen-bond donors (Lipinski definition) is 3. The highest BCUT2D eigenvalue weighted by atomic mass is 16.4. The number of nitrogens with one attached hydrogen (secondary N) is 2. The lowest BCUT2D eigenvalue weighted by molar-refractivity contribution is -0.142. The van der Waals surface area contributed by atoms with Crippen LogP contribution in [-0.2, 0) is 16.0 Å². The minimum atomic E-state index is -1.00. The molecule has 1 amide bonds. The van der Waals surface area contributed by atoms with Crippen LogP contribution >= 0.6 is 0 Å². The van der Waals surface area contributed by atoms with Crippen LogP contribution in [0.3, 0.4) is 0 Å². The number of para-hydroxylation sites is 1. The molecule has 3 rings (SSSR count). The summed E-state index contributed by atoms with van der Waals surface area (Å²) in [4.78, 5) is 26.8. The molecule has 0 bridgehead atoms. The quantitative estimate of drug-likeness (QED) is 0.792. The van der Waals surface area contributed by atoms with Crippen molar-refractivity contribution in [3.8, 4) is 0 Å². The normalized spacial score (nSPS) is 20.5. The van der Waals surface area contributed by atoms with Gasteiger partial charge in [-0.25, -0.2) is 4.79 Å². The van der Waals surface area contributed by atoms with Crippen molar-refractivity contribution in [2.75, 3.05) is 0 Å². The third kappa shape index (κ3) is 2.71. The summed E-state index contributed by atoms with van der Waals surface area (Å²) >= 11 is 0. The van der Waals surface area contributed by atoms with Crippen LogP contribution in [0, 0.1) is 11.3 Å². The fraction of sp³-hybridized carbons (Fsp3) is 0.412. The van der Waals surface area contributed by atoms with Gasteiger partial charge in [-0.15, -0.1) is 0 Å². The number of carbonyl (C=O) groups excluding carboxylic acids is 1. The van der Waals surface area contributed by atoms with Gasteiger partial charge in [0.05, 0.1) is 0 Å². The summed E-state index contributed by atoms with van der Waals surface area (Å²) in [5, 5.41) is 13.1. The fourth-order valence-corrected chi connectivity index (χ4v) is 2.91. The summed E-state index contributed by atoms with van der Waals surface area (Å²) in [5.41, 5.74) is 1.86. The summed E-state index contributed by atoms with van der Waals surface area (Å²) in [6.07, 6.45) is 2.91. The van der Waals surface area contributed by atoms with Crippen LogP contribution in [0.4, 0.5) is 0 Å². The summed E-state index contributed by atoms with van der Waals surface area (Å²) in [6.45, 7) is 4.04. The zero-order valence-electron chi connectivity index (χ0n) is 12.7. The van der Waals surface area contributed by atoms with E-state index in [0.717, 1.165) is 22.9 Å². The van der Waals surface area contributed by atoms with Gasteiger partial charge in [0.2, 0.25) is 5.91 Å². The highest BCUT2D eigenvalue weighted by molar-refractivity contribution is 5.88. The maximum Gasteiger partial charge on any atom is 0.326 e. The molecule has 1 fully saturated rings. The standard InChI is InChI=1S/C17H20N2O3/c1-17(2)8-12(17)15(20)19-14(16(21)22)7-10-9-18-13-6-4-3-5-11(10)13/h3-6,9,12,14,18H,7-8H2,1-2H3,(H,19,20)(H,21,22). The number of rotatable bonds is 5. The van der Waals surface area contributed by atoms with E-state index < -0.39 is 12.0 Å². The van der Waals surface area contributed by atoms with Crippen LogP contribution < -0.4 is 5.32 Å². The number of hydrogen-bond acceptors (Lipinski definition) is 2. The van der Waals surface area contributed by atoms with Gasteiger partial charge in [-0.3, -0.25) is 4.79 Å². The van der Waals surface area contributed by atoms with Gasteiger partial charge in [-0.05, 0) is 23.5 Å². The van der Waals surface area contributed by atoms with Crippen LogP contribution in [0.15, 0.2) is 30.5 Å². The van der Waals surface area contributed by atoms with Gasteiger partial charge >= 0.3 is 5.97 Å². The molecule has 1 aromatic heterocycles. The molecule has 3 N–H and O–H groups in total. The average Bonchev–Trinajstić information content (AvgIpc) is 2.93. The molecule has 0 saturated heterocycles. The molecule has 5 heteroatoms. The Balaban J connectivity index is 1.75. The molecule has 1 saturated carbocycles. The largest absolute Gasteiger partial charge is 0.480 e. The number of fused-ring (bicyclic) bond motifs is 1. The van der Waals surface area contributed by atoms with Crippen molar-refractivity contribution in [3.63, 3.8) is 0 Å². The van der Waals surface area contributed by atoms with Crippen LogP contribution in [0.1, 0.15) is 25.8 Å². The van der Waals surface area contributed by atoms with Crippen molar-refractivity contribution < 1.29 is 14.7 Å². The molecule has 1 heterocycles. The van der Waals surface area contributed by atoms with E-state index >= 15 is 0 Å². The predicted molar refractivity (Wildman–Crippen MR) is 83.5 cm³/mol. The highest BCUT2D eigenvalue weighted by Gasteiger charge is 2.51. The Morgan fingerprint density at radius 1 is 1.41 bits per heavy atom. The predicted octanol–water partition coefficient (Wildman–Crippen LogP) is 2.33. The molecule has 2 aromatic rings. The third-order valence-corrected chi connectivity index (χ3v) is 4.54. The molecule has 1 aromatic carbocycles. The van der Waals surface area contributed by atoms with Crippen LogP contribution in [0.25, 0.3) is 10.9 Å². The Kier molecular flexibility index (Phi) is 3.43. The number of H-pyrrole nitrogens is 1. The van der Waals surface area contributed by atoms with Gasteiger partial charge < -0.3 is 15.4 Å². The van der Waals surface area contributed by atoms with Gasteiger partial charge in [0.1, 0.15) is 6.04 Å². The molecule has 0 spiro atoms. The third-order valence-electron chi connectivity index (χ3n) is 4.54. The summed E-state index contributed by atoms with van der Waals surface area (Å²) in [5.74, 6) is -1.23. The number of carbonyl (C=O) groups is 2. The molecule has 22 heavy (non-hydrogen) atoms. The van der Waals surface area contributed by atoms with Gasteiger partial charge in [0.25, 0.3) is 0 Å². The zero-order chi connectivity index (χ0) is 15.9. The molecule has 0 aliphatic heterocycles. The van der Waals surface area contributed by atoms with Crippen molar-refractivity contribution in [2.45, 2.75) is 32.7 Å². The Morgan fingerprint density at radius 3 is 2.73 bits per heavy atom. The highest BCUT2D eigenvalue weighted by Crippen LogP contribution is 2.51. The van der Waals surface area contributed by atoms with Gasteiger partial charge in [0, 0.05) is 29.4 Å². The SMILES string of the molecule is CC1(C)CC1C(=O)NC(Cc1c[nH]c2ccccc12)C(=O)O. The summed E-state index contributed by atoms with van der Waals surface area (Å²) < 4.78 is 0. The van der Waals surface area contributed by atoms with Crippen molar-refractivity contribution in [1.82, 2.24) is 10.3 Å². The summed E-state index contributed by atoms with van der Waals surface area (Å²) in [7, 11) is 0. The van der Waals surface area contributed by atoms with E-state index in [1.807, 2.05) is 44.3 Å². The number of carboxylic acid groups (broad SMARTS) is 1. The second-order valence-electron chi connectivity index (χ2n) is 6.71. The van der Waals surface area contributed by atoms with Gasteiger partial charge in [-0.2, -0.15) is 0 Å². The number of aliphatic carboxylic acids is 1. The molecule has 2 unspecified atom stereocenters. The zero-order valence-corrected chi connectivity index (χ0v) is 12.7. The van der Waals surface area contributed by atoms with Crippen molar-refractivity contribution >= 4 is 22.8 Å². The van der Waals surface area contributed by atoms with E-state index in [4.69, 9.17) is 0 Å². The first-order valence-electron chi connectivity index (χ1n) is 7.46. The van der Waals surface area contributed by atoms with Crippen LogP contribution in [0.5, 0.6) is 0 Å². The molecule has 1 aliphatic rings. The lowest BCUT2D eigenvalue weighted by Gasteiger charge is -2.15. The number of carboxylic acids is 1. The Labute approximate surface area is 128 Å². The first-order chi connectivity index (χ1) is 10.4. The first kappa shape index (κ1) is 14.6. The maximum absolute atomic E-state index is 12.1. The van der Waals surface area contributed by atoms with E-state index in [9.17, 15) is 14.7 Å². The van der Waals surface area contributed by atoms with Crippen molar-refractivity contribution in [3.05, 3.63) is 36.0 Å². The fourth-order valence-electron chi connectivity index (χ4n) is 2.91. The van der Waals surface area contributed by atoms with E-state index in [-0.39, 0.29) is 23.7 Å². The molecular weight excluding hydrogens is 280 g/mol. The lowest BCUT2D eigenvalue weighted by atomic mass is 10.0. The molecule has 0 radical (unpaired) electrons. The molecule has 116 valence electrons. The second kappa shape index (κ2) is 5.16. The topological polar surface area (TPSA) is 82.2 Å². The number of aromatic amines is 1. The van der Waals surface area contributed by atoms with E-state index in [1.54, 1.807) is 0 Å². The van der Waals surface area contributed by atoms with E-state index in [2.05, 4.69) is 10.3 Å². The van der Waals surface area contributed by atoms with Gasteiger partial charge in [0.15, 0.2) is 0 Å². The Morgan fingerprint density at radius 2 is 2.09 bits per heavy atom.